The Kier molecular flexibility index (Phi) is 3.25. The van der Waals surface area contributed by atoms with Crippen molar-refractivity contribution in [3.63, 3.8) is 0 Å². The fourth-order valence-electron chi connectivity index (χ4n) is 2.35. The summed E-state index contributed by atoms with van der Waals surface area (Å²) in [6.45, 7) is 2.45. The van der Waals surface area contributed by atoms with Crippen LogP contribution in [0.5, 0.6) is 0 Å². The van der Waals surface area contributed by atoms with Gasteiger partial charge >= 0.3 is 0 Å². The van der Waals surface area contributed by atoms with E-state index in [1.54, 1.807) is 0 Å². The van der Waals surface area contributed by atoms with Gasteiger partial charge in [-0.05, 0) is 61.8 Å². The molecule has 2 nitrogen and oxygen atoms in total. The third-order valence-corrected chi connectivity index (χ3v) is 4.10. The lowest BCUT2D eigenvalue weighted by atomic mass is 10.1. The van der Waals surface area contributed by atoms with Gasteiger partial charge in [-0.3, -0.25) is 0 Å². The summed E-state index contributed by atoms with van der Waals surface area (Å²) in [5.74, 6) is 1.86. The summed E-state index contributed by atoms with van der Waals surface area (Å²) in [5.41, 5.74) is 7.93. The highest BCUT2D eigenvalue weighted by Gasteiger charge is 2.29. The smallest absolute Gasteiger partial charge is 0.103 e. The van der Waals surface area contributed by atoms with Crippen LogP contribution in [0, 0.1) is 11.8 Å². The monoisotopic (exact) mass is 260 g/mol. The minimum absolute atomic E-state index is 0.484. The molecule has 96 valence electrons. The van der Waals surface area contributed by atoms with E-state index in [-0.39, 0.29) is 0 Å². The second kappa shape index (κ2) is 4.88. The van der Waals surface area contributed by atoms with E-state index >= 15 is 0 Å². The van der Waals surface area contributed by atoms with E-state index < -0.39 is 0 Å². The lowest BCUT2D eigenvalue weighted by Gasteiger charge is -2.25. The number of nitrogens with two attached hydrogens (primary N) is 1. The zero-order valence-corrected chi connectivity index (χ0v) is 11.5. The van der Waals surface area contributed by atoms with Gasteiger partial charge in [-0.2, -0.15) is 0 Å². The molecule has 0 aliphatic heterocycles. The van der Waals surface area contributed by atoms with Crippen LogP contribution in [0.3, 0.4) is 0 Å². The predicted octanol–water partition coefficient (Wildman–Crippen LogP) is 2.95. The molecule has 0 unspecified atom stereocenters. The Morgan fingerprint density at radius 3 is 1.94 bits per heavy atom. The SMILES string of the molecule is NC(=S)c1ccc(N(CC2CC2)CC2CC2)cc1. The second-order valence-electron chi connectivity index (χ2n) is 5.70. The maximum atomic E-state index is 5.64. The van der Waals surface area contributed by atoms with Gasteiger partial charge in [0.1, 0.15) is 4.99 Å². The van der Waals surface area contributed by atoms with Gasteiger partial charge in [0.2, 0.25) is 0 Å². The van der Waals surface area contributed by atoms with Crippen molar-refractivity contribution in [2.45, 2.75) is 25.7 Å². The van der Waals surface area contributed by atoms with Gasteiger partial charge in [-0.25, -0.2) is 0 Å². The molecule has 0 spiro atoms. The lowest BCUT2D eigenvalue weighted by molar-refractivity contribution is 0.679. The van der Waals surface area contributed by atoms with Gasteiger partial charge in [-0.15, -0.1) is 0 Å². The van der Waals surface area contributed by atoms with Gasteiger partial charge in [0, 0.05) is 24.3 Å². The molecule has 0 aromatic heterocycles. The standard InChI is InChI=1S/C15H20N2S/c16-15(18)13-5-7-14(8-6-13)17(9-11-1-2-11)10-12-3-4-12/h5-8,11-12H,1-4,9-10H2,(H2,16,18). The number of nitrogens with zero attached hydrogens (tertiary/aromatic N) is 1. The summed E-state index contributed by atoms with van der Waals surface area (Å²) in [4.78, 5) is 3.04. The summed E-state index contributed by atoms with van der Waals surface area (Å²) in [7, 11) is 0. The van der Waals surface area contributed by atoms with Crippen LogP contribution in [0.4, 0.5) is 5.69 Å². The average Bonchev–Trinajstić information content (AvgIpc) is 3.23. The largest absolute Gasteiger partial charge is 0.389 e. The average molecular weight is 260 g/mol. The highest BCUT2D eigenvalue weighted by Crippen LogP contribution is 2.35. The van der Waals surface area contributed by atoms with Crippen LogP contribution >= 0.6 is 12.2 Å². The first-order valence-corrected chi connectivity index (χ1v) is 7.28. The van der Waals surface area contributed by atoms with Crippen molar-refractivity contribution in [2.75, 3.05) is 18.0 Å². The minimum atomic E-state index is 0.484. The number of rotatable bonds is 6. The molecule has 0 bridgehead atoms. The topological polar surface area (TPSA) is 29.3 Å². The van der Waals surface area contributed by atoms with Crippen molar-refractivity contribution < 1.29 is 0 Å². The Morgan fingerprint density at radius 2 is 1.56 bits per heavy atom. The first-order valence-electron chi connectivity index (χ1n) is 6.87. The lowest BCUT2D eigenvalue weighted by Crippen LogP contribution is -2.28. The zero-order chi connectivity index (χ0) is 12.5. The Labute approximate surface area is 114 Å². The highest BCUT2D eigenvalue weighted by molar-refractivity contribution is 7.80. The van der Waals surface area contributed by atoms with E-state index in [0.717, 1.165) is 17.4 Å². The van der Waals surface area contributed by atoms with Gasteiger partial charge < -0.3 is 10.6 Å². The highest BCUT2D eigenvalue weighted by atomic mass is 32.1. The Hall–Kier alpha value is -1.09. The van der Waals surface area contributed by atoms with E-state index in [1.165, 1.54) is 44.5 Å². The summed E-state index contributed by atoms with van der Waals surface area (Å²) in [6.07, 6.45) is 5.64. The normalized spacial score (nSPS) is 18.7. The van der Waals surface area contributed by atoms with Crippen molar-refractivity contribution in [1.82, 2.24) is 0 Å². The van der Waals surface area contributed by atoms with Crippen molar-refractivity contribution >= 4 is 22.9 Å². The molecule has 2 aliphatic rings. The predicted molar refractivity (Wildman–Crippen MR) is 80.0 cm³/mol. The molecule has 0 atom stereocenters. The maximum Gasteiger partial charge on any atom is 0.103 e. The molecule has 3 rings (SSSR count). The quantitative estimate of drug-likeness (QED) is 0.797. The van der Waals surface area contributed by atoms with Crippen LogP contribution in [0.25, 0.3) is 0 Å². The Morgan fingerprint density at radius 1 is 1.06 bits per heavy atom. The van der Waals surface area contributed by atoms with Crippen LogP contribution in [0.15, 0.2) is 24.3 Å². The molecule has 2 aliphatic carbocycles. The first kappa shape index (κ1) is 12.0. The summed E-state index contributed by atoms with van der Waals surface area (Å²) < 4.78 is 0. The molecule has 0 radical (unpaired) electrons. The Bertz CT molecular complexity index is 418. The molecule has 0 heterocycles. The molecule has 18 heavy (non-hydrogen) atoms. The second-order valence-corrected chi connectivity index (χ2v) is 6.14. The van der Waals surface area contributed by atoms with E-state index in [0.29, 0.717) is 4.99 Å². The van der Waals surface area contributed by atoms with Gasteiger partial charge in [0.25, 0.3) is 0 Å². The van der Waals surface area contributed by atoms with E-state index in [9.17, 15) is 0 Å². The summed E-state index contributed by atoms with van der Waals surface area (Å²) in [5, 5.41) is 0. The molecular weight excluding hydrogens is 240 g/mol. The van der Waals surface area contributed by atoms with Gasteiger partial charge in [-0.1, -0.05) is 12.2 Å². The minimum Gasteiger partial charge on any atom is -0.389 e. The van der Waals surface area contributed by atoms with Crippen LogP contribution in [-0.4, -0.2) is 18.1 Å². The fraction of sp³-hybridized carbons (Fsp3) is 0.533. The summed E-state index contributed by atoms with van der Waals surface area (Å²) >= 11 is 5.00. The van der Waals surface area contributed by atoms with Crippen LogP contribution in [0.2, 0.25) is 0 Å². The molecule has 1 aromatic rings. The molecule has 2 fully saturated rings. The van der Waals surface area contributed by atoms with Crippen molar-refractivity contribution in [3.8, 4) is 0 Å². The van der Waals surface area contributed by atoms with E-state index in [4.69, 9.17) is 18.0 Å². The first-order chi connectivity index (χ1) is 8.72. The van der Waals surface area contributed by atoms with Crippen molar-refractivity contribution in [3.05, 3.63) is 29.8 Å². The molecule has 0 amide bonds. The molecular formula is C15H20N2S. The zero-order valence-electron chi connectivity index (χ0n) is 10.6. The van der Waals surface area contributed by atoms with Crippen molar-refractivity contribution in [2.24, 2.45) is 17.6 Å². The summed E-state index contributed by atoms with van der Waals surface area (Å²) in [6, 6.07) is 8.42. The van der Waals surface area contributed by atoms with Crippen LogP contribution in [0.1, 0.15) is 31.2 Å². The fourth-order valence-corrected chi connectivity index (χ4v) is 2.48. The molecule has 1 aromatic carbocycles. The van der Waals surface area contributed by atoms with Crippen molar-refractivity contribution in [1.29, 1.82) is 0 Å². The number of hydrogen-bond acceptors (Lipinski definition) is 2. The molecule has 2 N–H and O–H groups in total. The molecule has 2 saturated carbocycles. The van der Waals surface area contributed by atoms with Crippen LogP contribution in [-0.2, 0) is 0 Å². The van der Waals surface area contributed by atoms with Crippen LogP contribution < -0.4 is 10.6 Å². The maximum absolute atomic E-state index is 5.64. The van der Waals surface area contributed by atoms with E-state index in [2.05, 4.69) is 17.0 Å². The third kappa shape index (κ3) is 3.02. The Balaban J connectivity index is 1.72. The van der Waals surface area contributed by atoms with Gasteiger partial charge in [0.05, 0.1) is 0 Å². The number of hydrogen-bond donors (Lipinski definition) is 1. The van der Waals surface area contributed by atoms with E-state index in [1.807, 2.05) is 12.1 Å². The number of anilines is 1. The van der Waals surface area contributed by atoms with Gasteiger partial charge in [0.15, 0.2) is 0 Å². The molecule has 3 heteroatoms. The molecule has 0 saturated heterocycles. The number of benzene rings is 1. The number of thiocarbonyl (C=S) groups is 1. The third-order valence-electron chi connectivity index (χ3n) is 3.87.